The molecule has 0 aliphatic heterocycles. The fourth-order valence-electron chi connectivity index (χ4n) is 0.494. The Morgan fingerprint density at radius 1 is 1.90 bits per heavy atom. The van der Waals surface area contributed by atoms with Crippen LogP contribution in [0.5, 0.6) is 0 Å². The molecule has 0 aliphatic carbocycles. The second-order valence-electron chi connectivity index (χ2n) is 1.63. The molecule has 4 nitrogen and oxygen atoms in total. The predicted octanol–water partition coefficient (Wildman–Crippen LogP) is 1.15. The third-order valence-corrected chi connectivity index (χ3v) is 1.40. The largest absolute Gasteiger partial charge is 0.448 e. The zero-order valence-corrected chi connectivity index (χ0v) is 6.14. The molecule has 0 spiro atoms. The summed E-state index contributed by atoms with van der Waals surface area (Å²) in [7, 11) is 0. The van der Waals surface area contributed by atoms with Crippen LogP contribution in [0.2, 0.25) is 0 Å². The number of aromatic nitrogens is 1. The summed E-state index contributed by atoms with van der Waals surface area (Å²) in [6.07, 6.45) is 1.39. The Balaban J connectivity index is 2.67. The van der Waals surface area contributed by atoms with Crippen LogP contribution >= 0.6 is 11.8 Å². The van der Waals surface area contributed by atoms with Crippen molar-refractivity contribution in [3.63, 3.8) is 0 Å². The van der Waals surface area contributed by atoms with E-state index >= 15 is 0 Å². The van der Waals surface area contributed by atoms with Crippen LogP contribution in [0.1, 0.15) is 5.89 Å². The van der Waals surface area contributed by atoms with Crippen LogP contribution in [0.25, 0.3) is 0 Å². The molecule has 0 unspecified atom stereocenters. The van der Waals surface area contributed by atoms with Crippen molar-refractivity contribution in [3.05, 3.63) is 12.2 Å². The molecular formula is C5H6N2O2S. The fourth-order valence-corrected chi connectivity index (χ4v) is 0.970. The molecule has 0 fully saturated rings. The SMILES string of the molecule is Cc1nc(SC(N)=O)co1. The van der Waals surface area contributed by atoms with Crippen LogP contribution in [-0.2, 0) is 0 Å². The van der Waals surface area contributed by atoms with Crippen LogP contribution in [-0.4, -0.2) is 10.2 Å². The highest BCUT2D eigenvalue weighted by atomic mass is 32.2. The number of primary amides is 1. The van der Waals surface area contributed by atoms with E-state index in [2.05, 4.69) is 4.98 Å². The van der Waals surface area contributed by atoms with Gasteiger partial charge in [0.2, 0.25) is 0 Å². The van der Waals surface area contributed by atoms with Gasteiger partial charge in [0, 0.05) is 6.92 Å². The first-order chi connectivity index (χ1) is 4.68. The van der Waals surface area contributed by atoms with Gasteiger partial charge in [0.25, 0.3) is 5.24 Å². The third kappa shape index (κ3) is 1.77. The minimum Gasteiger partial charge on any atom is -0.448 e. The second-order valence-corrected chi connectivity index (χ2v) is 2.65. The van der Waals surface area contributed by atoms with Gasteiger partial charge in [-0.1, -0.05) is 0 Å². The first kappa shape index (κ1) is 7.14. The van der Waals surface area contributed by atoms with Crippen molar-refractivity contribution in [1.29, 1.82) is 0 Å². The van der Waals surface area contributed by atoms with Gasteiger partial charge in [-0.2, -0.15) is 0 Å². The van der Waals surface area contributed by atoms with Crippen LogP contribution in [0, 0.1) is 6.92 Å². The standard InChI is InChI=1S/C5H6N2O2S/c1-3-7-4(2-9-3)10-5(6)8/h2H,1H3,(H2,6,8). The molecular weight excluding hydrogens is 152 g/mol. The number of aryl methyl sites for hydroxylation is 1. The molecule has 1 heterocycles. The fraction of sp³-hybridized carbons (Fsp3) is 0.200. The van der Waals surface area contributed by atoms with Crippen molar-refractivity contribution in [1.82, 2.24) is 4.98 Å². The van der Waals surface area contributed by atoms with Crippen LogP contribution in [0.15, 0.2) is 15.7 Å². The van der Waals surface area contributed by atoms with E-state index in [4.69, 9.17) is 10.2 Å². The Morgan fingerprint density at radius 2 is 2.60 bits per heavy atom. The van der Waals surface area contributed by atoms with Gasteiger partial charge < -0.3 is 10.2 Å². The maximum atomic E-state index is 10.3. The molecule has 0 aliphatic rings. The molecule has 10 heavy (non-hydrogen) atoms. The minimum atomic E-state index is -0.478. The molecule has 0 radical (unpaired) electrons. The monoisotopic (exact) mass is 158 g/mol. The highest BCUT2D eigenvalue weighted by Crippen LogP contribution is 2.15. The summed E-state index contributed by atoms with van der Waals surface area (Å²) in [6, 6.07) is 0. The van der Waals surface area contributed by atoms with E-state index in [0.29, 0.717) is 10.9 Å². The first-order valence-corrected chi connectivity index (χ1v) is 3.39. The van der Waals surface area contributed by atoms with Gasteiger partial charge >= 0.3 is 0 Å². The normalized spacial score (nSPS) is 9.70. The van der Waals surface area contributed by atoms with E-state index < -0.39 is 5.24 Å². The average Bonchev–Trinajstić information content (AvgIpc) is 2.13. The van der Waals surface area contributed by atoms with E-state index in [1.807, 2.05) is 0 Å². The Morgan fingerprint density at radius 3 is 3.00 bits per heavy atom. The van der Waals surface area contributed by atoms with Crippen molar-refractivity contribution in [3.8, 4) is 0 Å². The molecule has 2 N–H and O–H groups in total. The molecule has 0 saturated heterocycles. The number of oxazole rings is 1. The van der Waals surface area contributed by atoms with Crippen molar-refractivity contribution in [2.75, 3.05) is 0 Å². The topological polar surface area (TPSA) is 69.1 Å². The molecule has 1 amide bonds. The summed E-state index contributed by atoms with van der Waals surface area (Å²) in [6.45, 7) is 1.70. The number of nitrogens with zero attached hydrogens (tertiary/aromatic N) is 1. The molecule has 5 heteroatoms. The van der Waals surface area contributed by atoms with E-state index in [9.17, 15) is 4.79 Å². The number of nitrogens with two attached hydrogens (primary N) is 1. The van der Waals surface area contributed by atoms with Gasteiger partial charge in [0.15, 0.2) is 5.89 Å². The first-order valence-electron chi connectivity index (χ1n) is 2.58. The van der Waals surface area contributed by atoms with Crippen LogP contribution < -0.4 is 5.73 Å². The molecule has 1 aromatic heterocycles. The van der Waals surface area contributed by atoms with E-state index in [1.54, 1.807) is 6.92 Å². The molecule has 0 saturated carbocycles. The number of hydrogen-bond acceptors (Lipinski definition) is 4. The second kappa shape index (κ2) is 2.74. The van der Waals surface area contributed by atoms with Crippen LogP contribution in [0.4, 0.5) is 4.79 Å². The number of rotatable bonds is 1. The predicted molar refractivity (Wildman–Crippen MR) is 36.7 cm³/mol. The lowest BCUT2D eigenvalue weighted by Crippen LogP contribution is -2.01. The molecule has 1 rings (SSSR count). The summed E-state index contributed by atoms with van der Waals surface area (Å²) in [5.41, 5.74) is 4.88. The summed E-state index contributed by atoms with van der Waals surface area (Å²) in [5.74, 6) is 0.531. The van der Waals surface area contributed by atoms with Crippen molar-refractivity contribution >= 4 is 17.0 Å². The zero-order valence-electron chi connectivity index (χ0n) is 5.33. The molecule has 0 bridgehead atoms. The summed E-state index contributed by atoms with van der Waals surface area (Å²) in [4.78, 5) is 14.1. The lowest BCUT2D eigenvalue weighted by molar-refractivity contribution is 0.267. The van der Waals surface area contributed by atoms with E-state index in [-0.39, 0.29) is 0 Å². The van der Waals surface area contributed by atoms with Crippen molar-refractivity contribution in [2.45, 2.75) is 11.9 Å². The van der Waals surface area contributed by atoms with Crippen molar-refractivity contribution < 1.29 is 9.21 Å². The van der Waals surface area contributed by atoms with Gasteiger partial charge in [-0.05, 0) is 11.8 Å². The quantitative estimate of drug-likeness (QED) is 0.622. The summed E-state index contributed by atoms with van der Waals surface area (Å²) in [5, 5.41) is 0.0262. The number of thioether (sulfide) groups is 1. The van der Waals surface area contributed by atoms with Gasteiger partial charge in [0.1, 0.15) is 11.3 Å². The zero-order chi connectivity index (χ0) is 7.56. The van der Waals surface area contributed by atoms with E-state index in [0.717, 1.165) is 11.8 Å². The molecule has 0 aromatic carbocycles. The third-order valence-electron chi connectivity index (χ3n) is 0.803. The number of carbonyl (C=O) groups is 1. The lowest BCUT2D eigenvalue weighted by Gasteiger charge is -1.83. The average molecular weight is 158 g/mol. The maximum Gasteiger partial charge on any atom is 0.282 e. The highest BCUT2D eigenvalue weighted by molar-refractivity contribution is 8.13. The van der Waals surface area contributed by atoms with Crippen molar-refractivity contribution in [2.24, 2.45) is 5.73 Å². The number of amides is 1. The van der Waals surface area contributed by atoms with Gasteiger partial charge in [-0.3, -0.25) is 4.79 Å². The summed E-state index contributed by atoms with van der Waals surface area (Å²) >= 11 is 0.853. The van der Waals surface area contributed by atoms with Crippen LogP contribution in [0.3, 0.4) is 0 Å². The maximum absolute atomic E-state index is 10.3. The molecule has 0 atom stereocenters. The summed E-state index contributed by atoms with van der Waals surface area (Å²) < 4.78 is 4.83. The highest BCUT2D eigenvalue weighted by Gasteiger charge is 2.02. The number of hydrogen-bond donors (Lipinski definition) is 1. The lowest BCUT2D eigenvalue weighted by atomic mass is 10.8. The Hall–Kier alpha value is -0.970. The number of carbonyl (C=O) groups excluding carboxylic acids is 1. The smallest absolute Gasteiger partial charge is 0.282 e. The Labute approximate surface area is 61.8 Å². The molecule has 1 aromatic rings. The molecule has 54 valence electrons. The Bertz CT molecular complexity index is 246. The van der Waals surface area contributed by atoms with Gasteiger partial charge in [0.05, 0.1) is 0 Å². The Kier molecular flexibility index (Phi) is 1.96. The van der Waals surface area contributed by atoms with Gasteiger partial charge in [-0.15, -0.1) is 0 Å². The minimum absolute atomic E-state index is 0.478. The van der Waals surface area contributed by atoms with E-state index in [1.165, 1.54) is 6.26 Å². The van der Waals surface area contributed by atoms with Gasteiger partial charge in [-0.25, -0.2) is 4.98 Å².